The van der Waals surface area contributed by atoms with Gasteiger partial charge in [0.15, 0.2) is 0 Å². The molecule has 0 aliphatic heterocycles. The van der Waals surface area contributed by atoms with E-state index in [9.17, 15) is 15.2 Å². The molecule has 5 rings (SSSR count). The molecule has 0 saturated heterocycles. The van der Waals surface area contributed by atoms with Crippen LogP contribution in [0, 0.1) is 18.3 Å². The minimum Gasteiger partial charge on any atom is -0.505 e. The number of phenolic OH excluding ortho intramolecular Hbond substituents is 1. The number of nitrogens with zero attached hydrogens (tertiary/aromatic N) is 4. The molecule has 0 aliphatic carbocycles. The highest BCUT2D eigenvalue weighted by Gasteiger charge is 2.21. The normalized spacial score (nSPS) is 10.7. The number of phenols is 1. The highest BCUT2D eigenvalue weighted by Crippen LogP contribution is 2.31. The van der Waals surface area contributed by atoms with Gasteiger partial charge in [0, 0.05) is 16.2 Å². The first-order valence-electron chi connectivity index (χ1n) is 11.7. The van der Waals surface area contributed by atoms with Crippen LogP contribution in [-0.4, -0.2) is 26.1 Å². The van der Waals surface area contributed by atoms with Crippen molar-refractivity contribution in [3.63, 3.8) is 0 Å². The SMILES string of the molecule is Cc1cc(COC(=O)C(C#N)=C(c2ccccc2)c2ccccc2)c(O)c(-n2nc3ccc(Cl)cc3n2)c1. The number of ether oxygens (including phenoxy) is 1. The van der Waals surface area contributed by atoms with Gasteiger partial charge in [-0.3, -0.25) is 0 Å². The Bertz CT molecular complexity index is 1680. The maximum Gasteiger partial charge on any atom is 0.349 e. The summed E-state index contributed by atoms with van der Waals surface area (Å²) < 4.78 is 5.56. The topological polar surface area (TPSA) is 101 Å². The Morgan fingerprint density at radius 1 is 0.947 bits per heavy atom. The second-order valence-corrected chi connectivity index (χ2v) is 9.02. The number of aryl methyl sites for hydroxylation is 1. The Morgan fingerprint density at radius 2 is 1.58 bits per heavy atom. The molecule has 186 valence electrons. The van der Waals surface area contributed by atoms with Crippen LogP contribution in [0.5, 0.6) is 5.75 Å². The minimum atomic E-state index is -0.796. The van der Waals surface area contributed by atoms with Crippen molar-refractivity contribution in [1.29, 1.82) is 5.26 Å². The summed E-state index contributed by atoms with van der Waals surface area (Å²) >= 11 is 6.06. The van der Waals surface area contributed by atoms with E-state index in [4.69, 9.17) is 16.3 Å². The first kappa shape index (κ1) is 24.8. The fraction of sp³-hybridized carbons (Fsp3) is 0.0667. The Kier molecular flexibility index (Phi) is 6.90. The lowest BCUT2D eigenvalue weighted by Gasteiger charge is -2.13. The summed E-state index contributed by atoms with van der Waals surface area (Å²) in [5, 5.41) is 30.4. The molecule has 5 aromatic rings. The van der Waals surface area contributed by atoms with Crippen molar-refractivity contribution in [1.82, 2.24) is 15.0 Å². The van der Waals surface area contributed by atoms with Gasteiger partial charge < -0.3 is 9.84 Å². The highest BCUT2D eigenvalue weighted by atomic mass is 35.5. The first-order valence-corrected chi connectivity index (χ1v) is 12.1. The van der Waals surface area contributed by atoms with E-state index in [1.54, 1.807) is 30.3 Å². The van der Waals surface area contributed by atoms with Gasteiger partial charge in [-0.05, 0) is 53.9 Å². The molecule has 0 spiro atoms. The van der Waals surface area contributed by atoms with Crippen molar-refractivity contribution in [3.05, 3.63) is 124 Å². The Balaban J connectivity index is 1.48. The predicted molar refractivity (Wildman–Crippen MR) is 145 cm³/mol. The second-order valence-electron chi connectivity index (χ2n) is 8.58. The van der Waals surface area contributed by atoms with Gasteiger partial charge in [-0.1, -0.05) is 72.3 Å². The highest BCUT2D eigenvalue weighted by molar-refractivity contribution is 6.31. The number of halogens is 1. The molecule has 7 nitrogen and oxygen atoms in total. The third-order valence-electron chi connectivity index (χ3n) is 5.92. The molecular weight excluding hydrogens is 500 g/mol. The van der Waals surface area contributed by atoms with Crippen LogP contribution in [0.3, 0.4) is 0 Å². The van der Waals surface area contributed by atoms with Crippen molar-refractivity contribution in [2.45, 2.75) is 13.5 Å². The van der Waals surface area contributed by atoms with E-state index in [-0.39, 0.29) is 17.9 Å². The van der Waals surface area contributed by atoms with E-state index in [1.807, 2.05) is 73.7 Å². The third kappa shape index (κ3) is 4.99. The molecule has 1 heterocycles. The molecule has 0 aliphatic rings. The fourth-order valence-electron chi connectivity index (χ4n) is 4.18. The average molecular weight is 521 g/mol. The Labute approximate surface area is 223 Å². The number of fused-ring (bicyclic) bond motifs is 1. The molecule has 4 aromatic carbocycles. The number of rotatable bonds is 6. The van der Waals surface area contributed by atoms with Crippen LogP contribution in [0.15, 0.2) is 96.6 Å². The van der Waals surface area contributed by atoms with Gasteiger partial charge in [0.2, 0.25) is 0 Å². The first-order chi connectivity index (χ1) is 18.4. The summed E-state index contributed by atoms with van der Waals surface area (Å²) in [6, 6.07) is 29.0. The van der Waals surface area contributed by atoms with E-state index in [0.29, 0.717) is 44.0 Å². The van der Waals surface area contributed by atoms with Crippen LogP contribution in [0.2, 0.25) is 5.02 Å². The molecule has 0 amide bonds. The van der Waals surface area contributed by atoms with Gasteiger partial charge in [-0.25, -0.2) is 4.79 Å². The largest absolute Gasteiger partial charge is 0.505 e. The van der Waals surface area contributed by atoms with Crippen LogP contribution in [0.4, 0.5) is 0 Å². The summed E-state index contributed by atoms with van der Waals surface area (Å²) in [6.07, 6.45) is 0. The molecule has 1 N–H and O–H groups in total. The van der Waals surface area contributed by atoms with Crippen LogP contribution < -0.4 is 0 Å². The standard InChI is InChI=1S/C30H21ClN4O3/c1-19-14-22(29(36)27(15-19)35-33-25-13-12-23(31)16-26(25)34-35)18-38-30(37)24(17-32)28(20-8-4-2-5-9-20)21-10-6-3-7-11-21/h2-16,36H,18H2,1H3. The molecule has 0 saturated carbocycles. The molecule has 1 aromatic heterocycles. The van der Waals surface area contributed by atoms with Crippen molar-refractivity contribution >= 4 is 34.2 Å². The molecule has 0 fully saturated rings. The van der Waals surface area contributed by atoms with E-state index in [0.717, 1.165) is 5.56 Å². The van der Waals surface area contributed by atoms with Gasteiger partial charge >= 0.3 is 5.97 Å². The number of carbonyl (C=O) groups excluding carboxylic acids is 1. The molecule has 0 radical (unpaired) electrons. The molecule has 0 bridgehead atoms. The van der Waals surface area contributed by atoms with E-state index < -0.39 is 5.97 Å². The zero-order valence-corrected chi connectivity index (χ0v) is 21.1. The van der Waals surface area contributed by atoms with Crippen molar-refractivity contribution < 1.29 is 14.6 Å². The lowest BCUT2D eigenvalue weighted by atomic mass is 9.93. The number of esters is 1. The number of carbonyl (C=O) groups is 1. The van der Waals surface area contributed by atoms with Gasteiger partial charge in [0.1, 0.15) is 40.7 Å². The maximum atomic E-state index is 13.2. The Hall–Kier alpha value is -4.93. The van der Waals surface area contributed by atoms with Crippen LogP contribution in [0.1, 0.15) is 22.3 Å². The zero-order valence-electron chi connectivity index (χ0n) is 20.3. The average Bonchev–Trinajstić information content (AvgIpc) is 3.35. The van der Waals surface area contributed by atoms with Gasteiger partial charge in [-0.2, -0.15) is 5.26 Å². The van der Waals surface area contributed by atoms with Gasteiger partial charge in [0.25, 0.3) is 0 Å². The van der Waals surface area contributed by atoms with Gasteiger partial charge in [0.05, 0.1) is 0 Å². The van der Waals surface area contributed by atoms with Crippen molar-refractivity contribution in [3.8, 4) is 17.5 Å². The van der Waals surface area contributed by atoms with E-state index in [1.165, 1.54) is 4.80 Å². The summed E-state index contributed by atoms with van der Waals surface area (Å²) in [7, 11) is 0. The Morgan fingerprint density at radius 3 is 2.21 bits per heavy atom. The smallest absolute Gasteiger partial charge is 0.349 e. The lowest BCUT2D eigenvalue weighted by molar-refractivity contribution is -0.139. The maximum absolute atomic E-state index is 13.2. The molecule has 0 unspecified atom stereocenters. The summed E-state index contributed by atoms with van der Waals surface area (Å²) in [5.74, 6) is -0.932. The number of aromatic nitrogens is 3. The van der Waals surface area contributed by atoms with Crippen LogP contribution in [0.25, 0.3) is 22.3 Å². The van der Waals surface area contributed by atoms with Crippen molar-refractivity contribution in [2.75, 3.05) is 0 Å². The third-order valence-corrected chi connectivity index (χ3v) is 6.16. The number of hydrogen-bond donors (Lipinski definition) is 1. The van der Waals surface area contributed by atoms with E-state index >= 15 is 0 Å². The second kappa shape index (κ2) is 10.6. The summed E-state index contributed by atoms with van der Waals surface area (Å²) in [5.41, 5.74) is 4.43. The zero-order chi connectivity index (χ0) is 26.6. The fourth-order valence-corrected chi connectivity index (χ4v) is 4.34. The van der Waals surface area contributed by atoms with Crippen molar-refractivity contribution in [2.24, 2.45) is 0 Å². The molecule has 8 heteroatoms. The predicted octanol–water partition coefficient (Wildman–Crippen LogP) is 6.16. The van der Waals surface area contributed by atoms with Crippen LogP contribution in [-0.2, 0) is 16.1 Å². The van der Waals surface area contributed by atoms with E-state index in [2.05, 4.69) is 10.2 Å². The molecular formula is C30H21ClN4O3. The summed E-state index contributed by atoms with van der Waals surface area (Å²) in [6.45, 7) is 1.59. The number of nitriles is 1. The quantitative estimate of drug-likeness (QED) is 0.163. The minimum absolute atomic E-state index is 0.133. The number of aromatic hydroxyl groups is 1. The molecule has 38 heavy (non-hydrogen) atoms. The van der Waals surface area contributed by atoms with Gasteiger partial charge in [-0.15, -0.1) is 15.0 Å². The number of hydrogen-bond acceptors (Lipinski definition) is 6. The summed E-state index contributed by atoms with van der Waals surface area (Å²) in [4.78, 5) is 14.5. The lowest BCUT2D eigenvalue weighted by Crippen LogP contribution is -2.11. The van der Waals surface area contributed by atoms with Crippen LogP contribution >= 0.6 is 11.6 Å². The monoisotopic (exact) mass is 520 g/mol. The molecule has 0 atom stereocenters. The number of benzene rings is 4.